The molecule has 1 N–H and O–H groups in total. The van der Waals surface area contributed by atoms with Crippen LogP contribution >= 0.6 is 0 Å². The lowest BCUT2D eigenvalue weighted by Gasteiger charge is -2.24. The monoisotopic (exact) mass is 497 g/mol. The molecule has 4 aromatic rings. The first-order valence-corrected chi connectivity index (χ1v) is 12.0. The lowest BCUT2D eigenvalue weighted by atomic mass is 10.1. The van der Waals surface area contributed by atoms with Crippen molar-refractivity contribution in [2.24, 2.45) is 0 Å². The van der Waals surface area contributed by atoms with Crippen molar-refractivity contribution in [1.82, 2.24) is 10.3 Å². The number of ether oxygens (including phenoxy) is 1. The molecule has 188 valence electrons. The lowest BCUT2D eigenvalue weighted by Crippen LogP contribution is -2.34. The van der Waals surface area contributed by atoms with Crippen LogP contribution < -0.4 is 15.0 Å². The number of benzene rings is 3. The SMILES string of the molecule is O=C(Cc1cccc(N(Cc2ccc(F)cc2)C(=O)COc2ccccc2)c1)NCCc1ccccn1. The lowest BCUT2D eigenvalue weighted by molar-refractivity contribution is -0.121. The molecule has 0 aliphatic heterocycles. The Morgan fingerprint density at radius 1 is 0.865 bits per heavy atom. The first-order valence-electron chi connectivity index (χ1n) is 12.0. The number of aromatic nitrogens is 1. The van der Waals surface area contributed by atoms with Crippen molar-refractivity contribution in [3.8, 4) is 5.75 Å². The predicted octanol–water partition coefficient (Wildman–Crippen LogP) is 4.73. The highest BCUT2D eigenvalue weighted by Crippen LogP contribution is 2.21. The number of rotatable bonds is 11. The Labute approximate surface area is 215 Å². The van der Waals surface area contributed by atoms with E-state index < -0.39 is 0 Å². The van der Waals surface area contributed by atoms with Crippen LogP contribution in [-0.4, -0.2) is 29.9 Å². The van der Waals surface area contributed by atoms with E-state index in [-0.39, 0.29) is 37.2 Å². The summed E-state index contributed by atoms with van der Waals surface area (Å²) in [4.78, 5) is 31.6. The fourth-order valence-electron chi connectivity index (χ4n) is 3.79. The van der Waals surface area contributed by atoms with Gasteiger partial charge in [0.25, 0.3) is 5.91 Å². The second kappa shape index (κ2) is 13.0. The van der Waals surface area contributed by atoms with Crippen LogP contribution in [0.4, 0.5) is 10.1 Å². The van der Waals surface area contributed by atoms with Gasteiger partial charge in [-0.3, -0.25) is 14.6 Å². The second-order valence-electron chi connectivity index (χ2n) is 8.48. The van der Waals surface area contributed by atoms with E-state index in [1.54, 1.807) is 35.4 Å². The van der Waals surface area contributed by atoms with Gasteiger partial charge in [-0.25, -0.2) is 4.39 Å². The molecule has 1 aromatic heterocycles. The molecule has 4 rings (SSSR count). The predicted molar refractivity (Wildman–Crippen MR) is 141 cm³/mol. The van der Waals surface area contributed by atoms with E-state index in [1.165, 1.54) is 12.1 Å². The van der Waals surface area contributed by atoms with E-state index in [2.05, 4.69) is 10.3 Å². The maximum absolute atomic E-state index is 13.4. The Hall–Kier alpha value is -4.52. The van der Waals surface area contributed by atoms with E-state index in [0.717, 1.165) is 16.8 Å². The van der Waals surface area contributed by atoms with Crippen molar-refractivity contribution in [3.63, 3.8) is 0 Å². The highest BCUT2D eigenvalue weighted by Gasteiger charge is 2.18. The van der Waals surface area contributed by atoms with Crippen molar-refractivity contribution in [2.45, 2.75) is 19.4 Å². The smallest absolute Gasteiger partial charge is 0.265 e. The zero-order valence-corrected chi connectivity index (χ0v) is 20.3. The summed E-state index contributed by atoms with van der Waals surface area (Å²) in [6, 6.07) is 28.1. The summed E-state index contributed by atoms with van der Waals surface area (Å²) < 4.78 is 19.1. The molecule has 37 heavy (non-hydrogen) atoms. The highest BCUT2D eigenvalue weighted by molar-refractivity contribution is 5.94. The standard InChI is InChI=1S/C30H28FN3O3/c31-25-14-12-23(13-15-25)21-34(30(36)22-37-28-10-2-1-3-11-28)27-9-6-7-24(19-27)20-29(35)33-18-16-26-8-4-5-17-32-26/h1-15,17,19H,16,18,20-22H2,(H,33,35). The average Bonchev–Trinajstić information content (AvgIpc) is 2.93. The number of pyridine rings is 1. The fraction of sp³-hybridized carbons (Fsp3) is 0.167. The molecular weight excluding hydrogens is 469 g/mol. The molecular formula is C30H28FN3O3. The van der Waals surface area contributed by atoms with Crippen LogP contribution in [0.5, 0.6) is 5.75 Å². The Bertz CT molecular complexity index is 1300. The topological polar surface area (TPSA) is 71.5 Å². The Morgan fingerprint density at radius 3 is 2.41 bits per heavy atom. The van der Waals surface area contributed by atoms with Crippen molar-refractivity contribution in [1.29, 1.82) is 0 Å². The number of carbonyl (C=O) groups excluding carboxylic acids is 2. The number of hydrogen-bond acceptors (Lipinski definition) is 4. The fourth-order valence-corrected chi connectivity index (χ4v) is 3.79. The molecule has 0 spiro atoms. The summed E-state index contributed by atoms with van der Waals surface area (Å²) in [6.07, 6.45) is 2.55. The van der Waals surface area contributed by atoms with Crippen LogP contribution in [0, 0.1) is 5.82 Å². The molecule has 0 fully saturated rings. The first-order chi connectivity index (χ1) is 18.1. The number of carbonyl (C=O) groups is 2. The van der Waals surface area contributed by atoms with Crippen LogP contribution in [0.1, 0.15) is 16.8 Å². The number of amides is 2. The molecule has 7 heteroatoms. The first kappa shape index (κ1) is 25.6. The minimum Gasteiger partial charge on any atom is -0.484 e. The molecule has 6 nitrogen and oxygen atoms in total. The molecule has 0 saturated carbocycles. The van der Waals surface area contributed by atoms with Gasteiger partial charge in [-0.2, -0.15) is 0 Å². The quantitative estimate of drug-likeness (QED) is 0.325. The third-order valence-electron chi connectivity index (χ3n) is 5.68. The second-order valence-corrected chi connectivity index (χ2v) is 8.48. The molecule has 3 aromatic carbocycles. The maximum atomic E-state index is 13.4. The Morgan fingerprint density at radius 2 is 1.65 bits per heavy atom. The average molecular weight is 498 g/mol. The zero-order chi connectivity index (χ0) is 25.9. The minimum atomic E-state index is -0.343. The van der Waals surface area contributed by atoms with Crippen molar-refractivity contribution < 1.29 is 18.7 Å². The molecule has 0 bridgehead atoms. The summed E-state index contributed by atoms with van der Waals surface area (Å²) >= 11 is 0. The Balaban J connectivity index is 1.43. The third kappa shape index (κ3) is 8.00. The van der Waals surface area contributed by atoms with Crippen molar-refractivity contribution in [2.75, 3.05) is 18.1 Å². The van der Waals surface area contributed by atoms with Gasteiger partial charge in [0.1, 0.15) is 11.6 Å². The number of anilines is 1. The molecule has 0 aliphatic carbocycles. The largest absolute Gasteiger partial charge is 0.484 e. The van der Waals surface area contributed by atoms with Crippen LogP contribution in [0.25, 0.3) is 0 Å². The van der Waals surface area contributed by atoms with Crippen LogP contribution in [0.2, 0.25) is 0 Å². The van der Waals surface area contributed by atoms with Gasteiger partial charge in [0.15, 0.2) is 6.61 Å². The van der Waals surface area contributed by atoms with Crippen LogP contribution in [0.15, 0.2) is 103 Å². The summed E-state index contributed by atoms with van der Waals surface area (Å²) in [6.45, 7) is 0.558. The normalized spacial score (nSPS) is 10.5. The molecule has 1 heterocycles. The zero-order valence-electron chi connectivity index (χ0n) is 20.3. The van der Waals surface area contributed by atoms with Gasteiger partial charge >= 0.3 is 0 Å². The third-order valence-corrected chi connectivity index (χ3v) is 5.68. The number of nitrogens with zero attached hydrogens (tertiary/aromatic N) is 2. The van der Waals surface area contributed by atoms with Gasteiger partial charge in [-0.05, 0) is 59.7 Å². The van der Waals surface area contributed by atoms with Crippen molar-refractivity contribution >= 4 is 17.5 Å². The summed E-state index contributed by atoms with van der Waals surface area (Å²) in [5.41, 5.74) is 3.09. The Kier molecular flexibility index (Phi) is 8.97. The van der Waals surface area contributed by atoms with Gasteiger partial charge < -0.3 is 15.0 Å². The van der Waals surface area contributed by atoms with E-state index in [0.29, 0.717) is 24.4 Å². The van der Waals surface area contributed by atoms with Gasteiger partial charge in [0.2, 0.25) is 5.91 Å². The summed E-state index contributed by atoms with van der Waals surface area (Å²) in [5, 5.41) is 2.92. The molecule has 0 aliphatic rings. The molecule has 0 unspecified atom stereocenters. The van der Waals surface area contributed by atoms with Crippen LogP contribution in [0.3, 0.4) is 0 Å². The number of hydrogen-bond donors (Lipinski definition) is 1. The van der Waals surface area contributed by atoms with Gasteiger partial charge in [-0.1, -0.05) is 48.5 Å². The molecule has 2 amide bonds. The summed E-state index contributed by atoms with van der Waals surface area (Å²) in [7, 11) is 0. The van der Waals surface area contributed by atoms with E-state index in [1.807, 2.05) is 60.7 Å². The highest BCUT2D eigenvalue weighted by atomic mass is 19.1. The van der Waals surface area contributed by atoms with Gasteiger partial charge in [-0.15, -0.1) is 0 Å². The molecule has 0 radical (unpaired) electrons. The van der Waals surface area contributed by atoms with Crippen molar-refractivity contribution in [3.05, 3.63) is 126 Å². The number of nitrogens with one attached hydrogen (secondary N) is 1. The molecule has 0 saturated heterocycles. The number of para-hydroxylation sites is 1. The number of halogens is 1. The van der Waals surface area contributed by atoms with E-state index >= 15 is 0 Å². The minimum absolute atomic E-state index is 0.114. The van der Waals surface area contributed by atoms with E-state index in [9.17, 15) is 14.0 Å². The van der Waals surface area contributed by atoms with Gasteiger partial charge in [0, 0.05) is 30.5 Å². The van der Waals surface area contributed by atoms with E-state index in [4.69, 9.17) is 4.74 Å². The van der Waals surface area contributed by atoms with Crippen LogP contribution in [-0.2, 0) is 29.0 Å². The molecule has 0 atom stereocenters. The maximum Gasteiger partial charge on any atom is 0.265 e. The van der Waals surface area contributed by atoms with Gasteiger partial charge in [0.05, 0.1) is 13.0 Å². The summed E-state index contributed by atoms with van der Waals surface area (Å²) in [5.74, 6) is -0.124.